The maximum Gasteiger partial charge on any atom is 0.306 e. The van der Waals surface area contributed by atoms with Crippen LogP contribution >= 0.6 is 0 Å². The van der Waals surface area contributed by atoms with Gasteiger partial charge in [-0.05, 0) is 103 Å². The van der Waals surface area contributed by atoms with Crippen LogP contribution in [0.3, 0.4) is 0 Å². The number of unbranched alkanes of at least 4 members (excludes halogenated alkanes) is 16. The molecule has 0 aromatic carbocycles. The fourth-order valence-corrected chi connectivity index (χ4v) is 6.35. The molecule has 1 unspecified atom stereocenters. The number of carbonyl (C=O) groups is 3. The highest BCUT2D eigenvalue weighted by Crippen LogP contribution is 2.12. The zero-order valence-electron chi connectivity index (χ0n) is 39.8. The molecule has 0 aliphatic heterocycles. The Hall–Kier alpha value is -3.93. The first-order valence-corrected chi connectivity index (χ1v) is 24.9. The molecule has 0 saturated heterocycles. The summed E-state index contributed by atoms with van der Waals surface area (Å²) in [5.74, 6) is -1.02. The maximum absolute atomic E-state index is 12.8. The van der Waals surface area contributed by atoms with E-state index in [-0.39, 0.29) is 44.0 Å². The van der Waals surface area contributed by atoms with Crippen LogP contribution in [-0.4, -0.2) is 37.2 Å². The highest BCUT2D eigenvalue weighted by molar-refractivity contribution is 5.71. The topological polar surface area (TPSA) is 78.9 Å². The summed E-state index contributed by atoms with van der Waals surface area (Å²) in [7, 11) is 0. The molecule has 0 fully saturated rings. The molecule has 6 heteroatoms. The molecule has 0 rings (SSSR count). The van der Waals surface area contributed by atoms with Crippen molar-refractivity contribution >= 4 is 17.9 Å². The second kappa shape index (κ2) is 49.7. The molecule has 350 valence electrons. The first-order valence-electron chi connectivity index (χ1n) is 24.9. The number of rotatable bonds is 43. The predicted molar refractivity (Wildman–Crippen MR) is 265 cm³/mol. The average Bonchev–Trinajstić information content (AvgIpc) is 3.27. The molecular weight excluding hydrogens is 769 g/mol. The second-order valence-corrected chi connectivity index (χ2v) is 16.0. The van der Waals surface area contributed by atoms with Gasteiger partial charge in [0.25, 0.3) is 0 Å². The minimum Gasteiger partial charge on any atom is -0.462 e. The van der Waals surface area contributed by atoms with Crippen molar-refractivity contribution in [3.63, 3.8) is 0 Å². The Morgan fingerprint density at radius 1 is 0.355 bits per heavy atom. The Morgan fingerprint density at radius 2 is 0.726 bits per heavy atom. The summed E-state index contributed by atoms with van der Waals surface area (Å²) in [5, 5.41) is 0. The third-order valence-corrected chi connectivity index (χ3v) is 10.1. The van der Waals surface area contributed by atoms with Crippen LogP contribution in [0.5, 0.6) is 0 Å². The van der Waals surface area contributed by atoms with Gasteiger partial charge in [0.15, 0.2) is 6.10 Å². The van der Waals surface area contributed by atoms with E-state index in [4.69, 9.17) is 14.2 Å². The van der Waals surface area contributed by atoms with Crippen LogP contribution in [0.1, 0.15) is 207 Å². The Labute approximate surface area is 380 Å². The smallest absolute Gasteiger partial charge is 0.306 e. The zero-order chi connectivity index (χ0) is 45.1. The summed E-state index contributed by atoms with van der Waals surface area (Å²) in [6.45, 7) is 6.29. The van der Waals surface area contributed by atoms with Crippen molar-refractivity contribution in [3.05, 3.63) is 109 Å². The van der Waals surface area contributed by atoms with Gasteiger partial charge in [-0.2, -0.15) is 0 Å². The van der Waals surface area contributed by atoms with Crippen LogP contribution in [0, 0.1) is 0 Å². The molecule has 0 heterocycles. The number of ether oxygens (including phenoxy) is 3. The molecule has 6 nitrogen and oxygen atoms in total. The van der Waals surface area contributed by atoms with Crippen molar-refractivity contribution in [2.45, 2.75) is 213 Å². The van der Waals surface area contributed by atoms with Crippen LogP contribution in [0.15, 0.2) is 109 Å². The quantitative estimate of drug-likeness (QED) is 0.0200. The molecule has 0 spiro atoms. The van der Waals surface area contributed by atoms with E-state index < -0.39 is 6.10 Å². The van der Waals surface area contributed by atoms with E-state index in [1.54, 1.807) is 0 Å². The van der Waals surface area contributed by atoms with E-state index in [9.17, 15) is 14.4 Å². The Bertz CT molecular complexity index is 1310. The molecule has 0 aliphatic carbocycles. The van der Waals surface area contributed by atoms with Gasteiger partial charge >= 0.3 is 17.9 Å². The van der Waals surface area contributed by atoms with Gasteiger partial charge in [0, 0.05) is 19.3 Å². The normalized spacial score (nSPS) is 13.0. The Kier molecular flexibility index (Phi) is 46.6. The van der Waals surface area contributed by atoms with Gasteiger partial charge in [0.05, 0.1) is 0 Å². The van der Waals surface area contributed by atoms with Crippen LogP contribution < -0.4 is 0 Å². The molecule has 62 heavy (non-hydrogen) atoms. The number of allylic oxidation sites excluding steroid dienone is 18. The lowest BCUT2D eigenvalue weighted by atomic mass is 10.1. The van der Waals surface area contributed by atoms with E-state index in [0.29, 0.717) is 12.8 Å². The second-order valence-electron chi connectivity index (χ2n) is 16.0. The minimum atomic E-state index is -0.818. The average molecular weight is 859 g/mol. The third kappa shape index (κ3) is 47.1. The molecule has 0 aromatic heterocycles. The number of esters is 3. The number of hydrogen-bond donors (Lipinski definition) is 0. The van der Waals surface area contributed by atoms with Crippen LogP contribution in [0.25, 0.3) is 0 Å². The fraction of sp³-hybridized carbons (Fsp3) is 0.625. The van der Waals surface area contributed by atoms with Crippen LogP contribution in [-0.2, 0) is 28.6 Å². The van der Waals surface area contributed by atoms with Gasteiger partial charge in [-0.1, -0.05) is 194 Å². The van der Waals surface area contributed by atoms with Gasteiger partial charge in [-0.15, -0.1) is 0 Å². The fourth-order valence-electron chi connectivity index (χ4n) is 6.35. The highest BCUT2D eigenvalue weighted by Gasteiger charge is 2.19. The Balaban J connectivity index is 4.54. The Morgan fingerprint density at radius 3 is 1.26 bits per heavy atom. The minimum absolute atomic E-state index is 0.115. The van der Waals surface area contributed by atoms with E-state index in [2.05, 4.69) is 124 Å². The van der Waals surface area contributed by atoms with E-state index >= 15 is 0 Å². The lowest BCUT2D eigenvalue weighted by molar-refractivity contribution is -0.167. The van der Waals surface area contributed by atoms with E-state index in [1.807, 2.05) is 6.08 Å². The molecule has 0 aromatic rings. The largest absolute Gasteiger partial charge is 0.462 e. The molecule has 1 atom stereocenters. The summed E-state index contributed by atoms with van der Waals surface area (Å²) >= 11 is 0. The lowest BCUT2D eigenvalue weighted by Crippen LogP contribution is -2.30. The van der Waals surface area contributed by atoms with Crippen LogP contribution in [0.2, 0.25) is 0 Å². The highest BCUT2D eigenvalue weighted by atomic mass is 16.6. The van der Waals surface area contributed by atoms with Crippen molar-refractivity contribution < 1.29 is 28.6 Å². The third-order valence-electron chi connectivity index (χ3n) is 10.1. The summed E-state index contributed by atoms with van der Waals surface area (Å²) in [5.41, 5.74) is 0. The van der Waals surface area contributed by atoms with Gasteiger partial charge in [-0.25, -0.2) is 0 Å². The lowest BCUT2D eigenvalue weighted by Gasteiger charge is -2.18. The summed E-state index contributed by atoms with van der Waals surface area (Å²) in [6, 6.07) is 0. The summed E-state index contributed by atoms with van der Waals surface area (Å²) in [6.07, 6.45) is 66.5. The summed E-state index contributed by atoms with van der Waals surface area (Å²) in [4.78, 5) is 37.9. The summed E-state index contributed by atoms with van der Waals surface area (Å²) < 4.78 is 16.7. The van der Waals surface area contributed by atoms with E-state index in [1.165, 1.54) is 44.9 Å². The van der Waals surface area contributed by atoms with Gasteiger partial charge < -0.3 is 14.2 Å². The van der Waals surface area contributed by atoms with Crippen LogP contribution in [0.4, 0.5) is 0 Å². The van der Waals surface area contributed by atoms with Gasteiger partial charge in [-0.3, -0.25) is 14.4 Å². The van der Waals surface area contributed by atoms with Crippen molar-refractivity contribution in [2.75, 3.05) is 13.2 Å². The number of carbonyl (C=O) groups excluding carboxylic acids is 3. The molecule has 0 aliphatic rings. The van der Waals surface area contributed by atoms with Crippen molar-refractivity contribution in [3.8, 4) is 0 Å². The van der Waals surface area contributed by atoms with Crippen molar-refractivity contribution in [2.24, 2.45) is 0 Å². The molecule has 0 N–H and O–H groups in total. The monoisotopic (exact) mass is 859 g/mol. The van der Waals surface area contributed by atoms with Crippen molar-refractivity contribution in [1.29, 1.82) is 0 Å². The number of hydrogen-bond acceptors (Lipinski definition) is 6. The first-order chi connectivity index (χ1) is 30.5. The zero-order valence-corrected chi connectivity index (χ0v) is 39.8. The molecule has 0 radical (unpaired) electrons. The molecule has 0 amide bonds. The first kappa shape index (κ1) is 58.1. The van der Waals surface area contributed by atoms with Crippen molar-refractivity contribution in [1.82, 2.24) is 0 Å². The SMILES string of the molecule is CC\C=C/C=C\C=C/CCCCCCCC(=O)OCC(COC(=O)CCC/C=C\C/C=C\C/C=C\C/C=C\C/C=C\CC)OC(=O)CCCCC/C=C\CCCCCCCCC. The molecule has 0 saturated carbocycles. The molecular formula is C56H90O6. The molecule has 0 bridgehead atoms. The van der Waals surface area contributed by atoms with Gasteiger partial charge in [0.1, 0.15) is 13.2 Å². The maximum atomic E-state index is 12.8. The standard InChI is InChI=1S/C56H90O6/c1-4-7-10-13-16-19-22-25-27-28-29-32-34-37-40-43-46-49-55(58)61-52-53(51-60-54(57)48-45-42-39-36-33-30-24-21-18-15-12-9-6-3)62-56(59)50-47-44-41-38-35-31-26-23-20-17-14-11-8-5-2/h7,9-10,12,15-16,18-19,21,24-25,27,29,31-32,35,37,40,53H,4-6,8,11,13-14,17,20,22-23,26,28,30,33-34,36,38-39,41-52H2,1-3H3/b10-7-,12-9-,18-15-,19-16-,24-21-,27-25-,32-29-,35-31-,40-37-. The van der Waals surface area contributed by atoms with E-state index in [0.717, 1.165) is 116 Å². The van der Waals surface area contributed by atoms with Gasteiger partial charge in [0.2, 0.25) is 0 Å². The predicted octanol–water partition coefficient (Wildman–Crippen LogP) is 16.4.